The average molecular weight is 374 g/mol. The van der Waals surface area contributed by atoms with Crippen LogP contribution in [0, 0.1) is 0 Å². The third-order valence-corrected chi connectivity index (χ3v) is 5.56. The zero-order valence-electron chi connectivity index (χ0n) is 12.2. The van der Waals surface area contributed by atoms with E-state index in [9.17, 15) is 8.42 Å². The first kappa shape index (κ1) is 17.9. The van der Waals surface area contributed by atoms with Crippen LogP contribution in [-0.4, -0.2) is 21.5 Å². The predicted octanol–water partition coefficient (Wildman–Crippen LogP) is 3.31. The maximum Gasteiger partial charge on any atom is 0.330 e. The van der Waals surface area contributed by atoms with E-state index in [0.29, 0.717) is 41.6 Å². The first-order valence-electron chi connectivity index (χ1n) is 6.93. The van der Waals surface area contributed by atoms with Crippen molar-refractivity contribution >= 4 is 51.3 Å². The van der Waals surface area contributed by atoms with E-state index in [0.717, 1.165) is 0 Å². The predicted molar refractivity (Wildman–Crippen MR) is 97.2 cm³/mol. The molecule has 0 radical (unpaired) electrons. The smallest absolute Gasteiger partial charge is 0.330 e. The molecule has 0 saturated heterocycles. The summed E-state index contributed by atoms with van der Waals surface area (Å²) in [5, 5.41) is 0.564. The monoisotopic (exact) mass is 373 g/mol. The van der Waals surface area contributed by atoms with Crippen LogP contribution in [0.25, 0.3) is 0 Å². The van der Waals surface area contributed by atoms with Gasteiger partial charge in [-0.1, -0.05) is 23.7 Å². The van der Waals surface area contributed by atoms with Crippen molar-refractivity contribution in [1.29, 1.82) is 0 Å². The molecule has 0 bridgehead atoms. The van der Waals surface area contributed by atoms with E-state index in [1.165, 1.54) is 8.61 Å². The minimum atomic E-state index is -3.66. The molecule has 3 rings (SSSR count). The number of hydrogen-bond acceptors (Lipinski definition) is 3. The molecule has 0 atom stereocenters. The fraction of sp³-hybridized carbons (Fsp3) is 0.200. The van der Waals surface area contributed by atoms with Crippen LogP contribution in [0.15, 0.2) is 48.5 Å². The van der Waals surface area contributed by atoms with Gasteiger partial charge >= 0.3 is 10.2 Å². The zero-order chi connectivity index (χ0) is 15.7. The molecule has 2 aromatic rings. The molecule has 0 unspecified atom stereocenters. The van der Waals surface area contributed by atoms with Crippen LogP contribution in [-0.2, 0) is 10.2 Å². The van der Waals surface area contributed by atoms with Crippen LogP contribution in [0.5, 0.6) is 0 Å². The Morgan fingerprint density at radius 3 is 2.22 bits per heavy atom. The second kappa shape index (κ2) is 6.97. The Balaban J connectivity index is 0.00000192. The van der Waals surface area contributed by atoms with Gasteiger partial charge in [0.05, 0.1) is 17.1 Å². The van der Waals surface area contributed by atoms with E-state index in [1.54, 1.807) is 36.4 Å². The van der Waals surface area contributed by atoms with Crippen molar-refractivity contribution in [3.8, 4) is 0 Å². The van der Waals surface area contributed by atoms with Gasteiger partial charge < -0.3 is 5.73 Å². The summed E-state index contributed by atoms with van der Waals surface area (Å²) in [6, 6.07) is 14.0. The molecule has 0 fully saturated rings. The number of anilines is 3. The summed E-state index contributed by atoms with van der Waals surface area (Å²) < 4.78 is 28.6. The van der Waals surface area contributed by atoms with Crippen LogP contribution in [0.2, 0.25) is 5.02 Å². The van der Waals surface area contributed by atoms with Crippen molar-refractivity contribution in [3.63, 3.8) is 0 Å². The van der Waals surface area contributed by atoms with Gasteiger partial charge in [-0.3, -0.25) is 4.31 Å². The van der Waals surface area contributed by atoms with Gasteiger partial charge in [-0.15, -0.1) is 12.4 Å². The van der Waals surface area contributed by atoms with E-state index >= 15 is 0 Å². The molecule has 23 heavy (non-hydrogen) atoms. The summed E-state index contributed by atoms with van der Waals surface area (Å²) in [5.41, 5.74) is 7.40. The quantitative estimate of drug-likeness (QED) is 0.893. The van der Waals surface area contributed by atoms with E-state index < -0.39 is 10.2 Å². The number of benzene rings is 2. The SMILES string of the molecule is Cl.NCCCN1c2ccccc2N(c2ccc(Cl)cc2)S1(=O)=O. The summed E-state index contributed by atoms with van der Waals surface area (Å²) in [7, 11) is -3.66. The van der Waals surface area contributed by atoms with E-state index in [2.05, 4.69) is 0 Å². The largest absolute Gasteiger partial charge is 0.330 e. The van der Waals surface area contributed by atoms with Crippen molar-refractivity contribution in [2.75, 3.05) is 21.7 Å². The summed E-state index contributed by atoms with van der Waals surface area (Å²) in [4.78, 5) is 0. The maximum absolute atomic E-state index is 12.9. The fourth-order valence-electron chi connectivity index (χ4n) is 2.51. The minimum absolute atomic E-state index is 0. The maximum atomic E-state index is 12.9. The van der Waals surface area contributed by atoms with Gasteiger partial charge in [0.25, 0.3) is 0 Å². The molecule has 5 nitrogen and oxygen atoms in total. The topological polar surface area (TPSA) is 66.6 Å². The van der Waals surface area contributed by atoms with Crippen molar-refractivity contribution in [3.05, 3.63) is 53.6 Å². The Kier molecular flexibility index (Phi) is 5.41. The lowest BCUT2D eigenvalue weighted by Gasteiger charge is -2.21. The van der Waals surface area contributed by atoms with Crippen molar-refractivity contribution < 1.29 is 8.42 Å². The van der Waals surface area contributed by atoms with E-state index in [4.69, 9.17) is 17.3 Å². The van der Waals surface area contributed by atoms with Crippen LogP contribution in [0.3, 0.4) is 0 Å². The molecule has 124 valence electrons. The molecule has 2 aromatic carbocycles. The van der Waals surface area contributed by atoms with Gasteiger partial charge in [0, 0.05) is 11.6 Å². The summed E-state index contributed by atoms with van der Waals surface area (Å²) in [6.07, 6.45) is 0.599. The molecule has 0 aliphatic carbocycles. The highest BCUT2D eigenvalue weighted by atomic mass is 35.5. The van der Waals surface area contributed by atoms with Crippen molar-refractivity contribution in [2.45, 2.75) is 6.42 Å². The molecule has 0 saturated carbocycles. The van der Waals surface area contributed by atoms with Crippen LogP contribution in [0.4, 0.5) is 17.1 Å². The zero-order valence-corrected chi connectivity index (χ0v) is 14.6. The number of para-hydroxylation sites is 2. The number of halogens is 2. The lowest BCUT2D eigenvalue weighted by molar-refractivity contribution is 0.592. The normalized spacial score (nSPS) is 15.2. The summed E-state index contributed by atoms with van der Waals surface area (Å²) >= 11 is 5.89. The standard InChI is InChI=1S/C15H16ClN3O2S.ClH/c16-12-6-8-13(9-7-12)19-15-5-2-1-4-14(15)18(11-3-10-17)22(19,20)21;/h1-2,4-9H,3,10-11,17H2;1H. The second-order valence-electron chi connectivity index (χ2n) is 4.95. The average Bonchev–Trinajstić information content (AvgIpc) is 2.73. The number of nitrogens with two attached hydrogens (primary N) is 1. The lowest BCUT2D eigenvalue weighted by Crippen LogP contribution is -2.36. The first-order valence-corrected chi connectivity index (χ1v) is 8.71. The molecule has 0 amide bonds. The number of hydrogen-bond donors (Lipinski definition) is 1. The van der Waals surface area contributed by atoms with Crippen LogP contribution < -0.4 is 14.3 Å². The van der Waals surface area contributed by atoms with Crippen molar-refractivity contribution in [2.24, 2.45) is 5.73 Å². The Morgan fingerprint density at radius 1 is 1.00 bits per heavy atom. The van der Waals surface area contributed by atoms with E-state index in [-0.39, 0.29) is 12.4 Å². The lowest BCUT2D eigenvalue weighted by atomic mass is 10.2. The number of fused-ring (bicyclic) bond motifs is 1. The highest BCUT2D eigenvalue weighted by molar-refractivity contribution is 7.95. The molecule has 0 aromatic heterocycles. The van der Waals surface area contributed by atoms with Gasteiger partial charge in [-0.25, -0.2) is 4.31 Å². The van der Waals surface area contributed by atoms with Gasteiger partial charge in [0.15, 0.2) is 0 Å². The highest BCUT2D eigenvalue weighted by Gasteiger charge is 2.40. The summed E-state index contributed by atoms with van der Waals surface area (Å²) in [6.45, 7) is 0.801. The third kappa shape index (κ3) is 3.12. The molecule has 2 N–H and O–H groups in total. The Labute approximate surface area is 147 Å². The Hall–Kier alpha value is -1.47. The minimum Gasteiger partial charge on any atom is -0.330 e. The van der Waals surface area contributed by atoms with Gasteiger partial charge in [-0.2, -0.15) is 8.42 Å². The molecule has 1 aliphatic heterocycles. The van der Waals surface area contributed by atoms with Crippen LogP contribution >= 0.6 is 24.0 Å². The fourth-order valence-corrected chi connectivity index (χ4v) is 4.39. The van der Waals surface area contributed by atoms with Gasteiger partial charge in [-0.05, 0) is 49.4 Å². The number of rotatable bonds is 4. The van der Waals surface area contributed by atoms with Crippen LogP contribution in [0.1, 0.15) is 6.42 Å². The highest BCUT2D eigenvalue weighted by Crippen LogP contribution is 2.45. The molecule has 8 heteroatoms. The molecule has 1 heterocycles. The second-order valence-corrected chi connectivity index (χ2v) is 7.09. The van der Waals surface area contributed by atoms with E-state index in [1.807, 2.05) is 12.1 Å². The molecular weight excluding hydrogens is 357 g/mol. The van der Waals surface area contributed by atoms with Gasteiger partial charge in [0.2, 0.25) is 0 Å². The first-order chi connectivity index (χ1) is 10.6. The Bertz CT molecular complexity index is 782. The summed E-state index contributed by atoms with van der Waals surface area (Å²) in [5.74, 6) is 0. The molecule has 1 aliphatic rings. The Morgan fingerprint density at radius 2 is 1.61 bits per heavy atom. The molecule has 0 spiro atoms. The third-order valence-electron chi connectivity index (χ3n) is 3.50. The number of nitrogens with zero attached hydrogens (tertiary/aromatic N) is 2. The van der Waals surface area contributed by atoms with Crippen molar-refractivity contribution in [1.82, 2.24) is 0 Å². The molecular formula is C15H17Cl2N3O2S. The van der Waals surface area contributed by atoms with Gasteiger partial charge in [0.1, 0.15) is 0 Å².